The molecule has 2 aromatic carbocycles. The number of fused-ring (bicyclic) bond motifs is 4. The summed E-state index contributed by atoms with van der Waals surface area (Å²) in [5.74, 6) is 5.09. The van der Waals surface area contributed by atoms with E-state index in [1.807, 2.05) is 18.2 Å². The molecule has 6 aliphatic carbocycles. The highest BCUT2D eigenvalue weighted by atomic mass is 32.1. The van der Waals surface area contributed by atoms with Crippen LogP contribution in [0.1, 0.15) is 83.5 Å². The van der Waals surface area contributed by atoms with Gasteiger partial charge in [0.05, 0.1) is 41.6 Å². The van der Waals surface area contributed by atoms with Gasteiger partial charge in [0, 0.05) is 23.5 Å². The molecule has 6 aromatic heterocycles. The summed E-state index contributed by atoms with van der Waals surface area (Å²) in [6.45, 7) is 0.701. The summed E-state index contributed by atoms with van der Waals surface area (Å²) < 4.78 is 0. The van der Waals surface area contributed by atoms with E-state index in [1.54, 1.807) is 45.3 Å². The average Bonchev–Trinajstić information content (AvgIpc) is 4.19. The summed E-state index contributed by atoms with van der Waals surface area (Å²) in [5.41, 5.74) is 10.7. The maximum absolute atomic E-state index is 13.1. The molecule has 2 amide bonds. The lowest BCUT2D eigenvalue weighted by Crippen LogP contribution is -2.60. The van der Waals surface area contributed by atoms with E-state index in [2.05, 4.69) is 97.4 Å². The minimum Gasteiger partial charge on any atom is -0.357 e. The number of amides is 2. The van der Waals surface area contributed by atoms with Crippen LogP contribution in [0.25, 0.3) is 75.5 Å². The molecule has 6 heterocycles. The molecule has 6 saturated carbocycles. The Labute approximate surface area is 424 Å². The number of nitrogens with zero attached hydrogens (tertiary/aromatic N) is 4. The van der Waals surface area contributed by atoms with E-state index >= 15 is 0 Å². The third-order valence-corrected chi connectivity index (χ3v) is 19.7. The third kappa shape index (κ3) is 9.00. The minimum absolute atomic E-state index is 0.149. The van der Waals surface area contributed by atoms with E-state index in [4.69, 9.17) is 32.2 Å². The number of benzene rings is 2. The van der Waals surface area contributed by atoms with Crippen molar-refractivity contribution in [3.63, 3.8) is 0 Å². The van der Waals surface area contributed by atoms with E-state index in [1.165, 1.54) is 77.0 Å². The van der Waals surface area contributed by atoms with Crippen LogP contribution < -0.4 is 21.3 Å². The standard InChI is InChI=1S/C55H54N8OS5/c64-53(56-13-12-33-17-31-4-1-5-32(16-31)18-33)57-39-8-10-41-43(24-39)61-49(45-6-2-14-66-45)51(59-41)47-22-37(29-68-47)38-23-48(69-30-38)52-50(46-7-3-15-67-46)62-44-25-40(9-11-42(44)60-52)58-54(65)63-55-26-34-19-35(27-55)21-36(20-34)28-55/h2-3,6-11,14-15,22-25,29-36H,1,4-5,12-13,16-21,26-28H2,(H2,56,57,64)(H2,58,63,65). The number of rotatable bonds is 11. The second-order valence-corrected chi connectivity index (χ2v) is 24.9. The molecule has 0 spiro atoms. The summed E-state index contributed by atoms with van der Waals surface area (Å²) in [5, 5.41) is 22.8. The Morgan fingerprint density at radius 1 is 0.580 bits per heavy atom. The lowest BCUT2D eigenvalue weighted by Gasteiger charge is -2.57. The fourth-order valence-corrected chi connectivity index (χ4v) is 16.9. The van der Waals surface area contributed by atoms with Crippen molar-refractivity contribution in [2.45, 2.75) is 89.0 Å². The number of carbonyl (C=O) groups is 1. The van der Waals surface area contributed by atoms with Crippen LogP contribution in [0.15, 0.2) is 94.3 Å². The highest BCUT2D eigenvalue weighted by Gasteiger charge is 2.51. The second kappa shape index (κ2) is 18.2. The van der Waals surface area contributed by atoms with Crippen molar-refractivity contribution in [1.29, 1.82) is 0 Å². The van der Waals surface area contributed by atoms with Gasteiger partial charge in [0.1, 0.15) is 22.8 Å². The normalized spacial score (nSPS) is 24.7. The van der Waals surface area contributed by atoms with Crippen LogP contribution in [0.3, 0.4) is 0 Å². The predicted octanol–water partition coefficient (Wildman–Crippen LogP) is 15.1. The van der Waals surface area contributed by atoms with Crippen LogP contribution in [0.4, 0.5) is 16.2 Å². The van der Waals surface area contributed by atoms with Gasteiger partial charge < -0.3 is 21.3 Å². The third-order valence-electron chi connectivity index (χ3n) is 15.8. The van der Waals surface area contributed by atoms with Gasteiger partial charge in [0.15, 0.2) is 5.11 Å². The molecule has 8 aromatic rings. The number of aromatic nitrogens is 4. The smallest absolute Gasteiger partial charge is 0.319 e. The maximum atomic E-state index is 13.1. The number of hydrogen-bond donors (Lipinski definition) is 4. The fraction of sp³-hybridized carbons (Fsp3) is 0.382. The first-order valence-electron chi connectivity index (χ1n) is 24.8. The van der Waals surface area contributed by atoms with E-state index in [-0.39, 0.29) is 11.6 Å². The Balaban J connectivity index is 0.728. The summed E-state index contributed by atoms with van der Waals surface area (Å²) in [6, 6.07) is 24.7. The SMILES string of the molecule is O=C(NCCC1CC2CCCC(C2)C1)Nc1ccc2nc(-c3cc(-c4csc(-c5nc6ccc(NC(=S)NC78CC9CC(CC(C9)C7)C8)cc6nc5-c5cccs5)c4)cs3)c(-c3cccs3)nc2c1. The summed E-state index contributed by atoms with van der Waals surface area (Å²) in [7, 11) is 0. The second-order valence-electron chi connectivity index (χ2n) is 20.8. The molecule has 6 fully saturated rings. The lowest BCUT2D eigenvalue weighted by atomic mass is 9.53. The lowest BCUT2D eigenvalue weighted by molar-refractivity contribution is -0.00972. The van der Waals surface area contributed by atoms with E-state index in [9.17, 15) is 4.79 Å². The number of anilines is 2. The number of urea groups is 1. The highest BCUT2D eigenvalue weighted by Crippen LogP contribution is 2.56. The van der Waals surface area contributed by atoms with Gasteiger partial charge in [-0.2, -0.15) is 0 Å². The molecule has 6 bridgehead atoms. The van der Waals surface area contributed by atoms with E-state index < -0.39 is 0 Å². The van der Waals surface area contributed by atoms with Crippen LogP contribution >= 0.6 is 57.6 Å². The maximum Gasteiger partial charge on any atom is 0.319 e. The number of hydrogen-bond acceptors (Lipinski definition) is 10. The number of thiophene rings is 4. The minimum atomic E-state index is -0.173. The molecule has 2 atom stereocenters. The monoisotopic (exact) mass is 1000 g/mol. The molecule has 6 aliphatic rings. The molecule has 0 aliphatic heterocycles. The van der Waals surface area contributed by atoms with Gasteiger partial charge in [0.25, 0.3) is 0 Å². The zero-order valence-corrected chi connectivity index (χ0v) is 42.4. The Hall–Kier alpha value is -5.12. The molecule has 69 heavy (non-hydrogen) atoms. The van der Waals surface area contributed by atoms with Gasteiger partial charge in [-0.05, 0) is 205 Å². The molecular formula is C55H54N8OS5. The van der Waals surface area contributed by atoms with E-state index in [0.29, 0.717) is 17.3 Å². The largest absolute Gasteiger partial charge is 0.357 e. The first kappa shape index (κ1) is 43.9. The first-order valence-corrected chi connectivity index (χ1v) is 28.8. The van der Waals surface area contributed by atoms with Gasteiger partial charge in [-0.3, -0.25) is 0 Å². The van der Waals surface area contributed by atoms with Crippen molar-refractivity contribution >= 4 is 102 Å². The number of thiocarbonyl (C=S) groups is 1. The molecule has 0 saturated heterocycles. The van der Waals surface area contributed by atoms with Gasteiger partial charge in [-0.25, -0.2) is 24.7 Å². The molecule has 14 heteroatoms. The predicted molar refractivity (Wildman–Crippen MR) is 291 cm³/mol. The Bertz CT molecular complexity index is 3170. The molecule has 0 radical (unpaired) electrons. The summed E-state index contributed by atoms with van der Waals surface area (Å²) in [4.78, 5) is 38.3. The highest BCUT2D eigenvalue weighted by molar-refractivity contribution is 7.80. The zero-order valence-electron chi connectivity index (χ0n) is 38.3. The number of nitrogens with one attached hydrogen (secondary N) is 4. The van der Waals surface area contributed by atoms with Gasteiger partial charge in [-0.15, -0.1) is 45.3 Å². The van der Waals surface area contributed by atoms with Crippen LogP contribution in [0, 0.1) is 35.5 Å². The molecule has 9 nitrogen and oxygen atoms in total. The molecule has 4 N–H and O–H groups in total. The summed E-state index contributed by atoms with van der Waals surface area (Å²) >= 11 is 12.7. The quantitative estimate of drug-likeness (QED) is 0.0947. The van der Waals surface area contributed by atoms with Crippen molar-refractivity contribution in [2.24, 2.45) is 35.5 Å². The summed E-state index contributed by atoms with van der Waals surface area (Å²) in [6.07, 6.45) is 17.3. The van der Waals surface area contributed by atoms with Crippen molar-refractivity contribution in [3.05, 3.63) is 94.3 Å². The molecule has 2 unspecified atom stereocenters. The van der Waals surface area contributed by atoms with Crippen molar-refractivity contribution in [1.82, 2.24) is 30.6 Å². The van der Waals surface area contributed by atoms with Crippen LogP contribution in [-0.2, 0) is 0 Å². The van der Waals surface area contributed by atoms with Crippen molar-refractivity contribution < 1.29 is 4.79 Å². The average molecular weight is 1000 g/mol. The van der Waals surface area contributed by atoms with E-state index in [0.717, 1.165) is 123 Å². The zero-order chi connectivity index (χ0) is 46.1. The van der Waals surface area contributed by atoms with Gasteiger partial charge in [0.2, 0.25) is 0 Å². The molecule has 14 rings (SSSR count). The van der Waals surface area contributed by atoms with Gasteiger partial charge in [-0.1, -0.05) is 31.4 Å². The first-order chi connectivity index (χ1) is 33.8. The van der Waals surface area contributed by atoms with Crippen LogP contribution in [-0.4, -0.2) is 43.2 Å². The molecule has 350 valence electrons. The Morgan fingerprint density at radius 2 is 1.09 bits per heavy atom. The molecular weight excluding hydrogens is 949 g/mol. The van der Waals surface area contributed by atoms with Crippen molar-refractivity contribution in [3.8, 4) is 53.4 Å². The van der Waals surface area contributed by atoms with Crippen molar-refractivity contribution in [2.75, 3.05) is 17.2 Å². The van der Waals surface area contributed by atoms with Crippen LogP contribution in [0.5, 0.6) is 0 Å². The van der Waals surface area contributed by atoms with Crippen LogP contribution in [0.2, 0.25) is 0 Å². The topological polar surface area (TPSA) is 117 Å². The Morgan fingerprint density at radius 3 is 1.62 bits per heavy atom. The fourth-order valence-electron chi connectivity index (χ4n) is 13.3. The Kier molecular flexibility index (Phi) is 11.6. The van der Waals surface area contributed by atoms with Gasteiger partial charge >= 0.3 is 6.03 Å². The number of carbonyl (C=O) groups excluding carboxylic acids is 1.